The van der Waals surface area contributed by atoms with Crippen LogP contribution in [0.15, 0.2) is 12.0 Å². The first kappa shape index (κ1) is 4.62. The number of rotatable bonds is 0. The molecule has 1 nitrogen and oxygen atoms in total. The van der Waals surface area contributed by atoms with Crippen molar-refractivity contribution in [2.75, 3.05) is 0 Å². The maximum Gasteiger partial charge on any atom is 0.118 e. The molecule has 1 heterocycles. The minimum Gasteiger partial charge on any atom is -0.386 e. The molecule has 0 spiro atoms. The summed E-state index contributed by atoms with van der Waals surface area (Å²) in [6.45, 7) is 1.95. The molecule has 1 aliphatic rings. The number of hydrogen-bond acceptors (Lipinski definition) is 1. The Labute approximate surface area is 42.2 Å². The molecule has 0 fully saturated rings. The molecule has 2 heteroatoms. The average molecular weight is 101 g/mol. The van der Waals surface area contributed by atoms with Gasteiger partial charge in [-0.05, 0) is 6.92 Å². The maximum absolute atomic E-state index is 12.0. The van der Waals surface area contributed by atoms with Gasteiger partial charge in [0, 0.05) is 18.7 Å². The topological polar surface area (TPSA) is 12.0 Å². The van der Waals surface area contributed by atoms with Crippen molar-refractivity contribution >= 4 is 0 Å². The van der Waals surface area contributed by atoms with Crippen LogP contribution in [0.1, 0.15) is 13.3 Å². The highest BCUT2D eigenvalue weighted by molar-refractivity contribution is 5.00. The van der Waals surface area contributed by atoms with E-state index in [2.05, 4.69) is 5.32 Å². The molecule has 0 bridgehead atoms. The van der Waals surface area contributed by atoms with Gasteiger partial charge in [0.1, 0.15) is 5.83 Å². The highest BCUT2D eigenvalue weighted by Crippen LogP contribution is 2.10. The summed E-state index contributed by atoms with van der Waals surface area (Å²) < 4.78 is 12.0. The SMILES string of the molecule is CC1CC(F)=CN1. The van der Waals surface area contributed by atoms with Crippen molar-refractivity contribution in [3.8, 4) is 0 Å². The molecule has 1 N–H and O–H groups in total. The fourth-order valence-electron chi connectivity index (χ4n) is 0.643. The molecule has 1 unspecified atom stereocenters. The summed E-state index contributed by atoms with van der Waals surface area (Å²) in [5, 5.41) is 2.83. The van der Waals surface area contributed by atoms with E-state index in [4.69, 9.17) is 0 Å². The Bertz CT molecular complexity index is 98.3. The van der Waals surface area contributed by atoms with E-state index in [9.17, 15) is 4.39 Å². The van der Waals surface area contributed by atoms with Crippen LogP contribution in [0.25, 0.3) is 0 Å². The van der Waals surface area contributed by atoms with Crippen molar-refractivity contribution in [3.05, 3.63) is 12.0 Å². The van der Waals surface area contributed by atoms with Crippen molar-refractivity contribution in [1.29, 1.82) is 0 Å². The van der Waals surface area contributed by atoms with Gasteiger partial charge in [-0.3, -0.25) is 0 Å². The third-order valence-electron chi connectivity index (χ3n) is 1.03. The first-order valence-corrected chi connectivity index (χ1v) is 2.39. The Morgan fingerprint density at radius 2 is 2.71 bits per heavy atom. The van der Waals surface area contributed by atoms with Gasteiger partial charge < -0.3 is 5.32 Å². The summed E-state index contributed by atoms with van der Waals surface area (Å²) >= 11 is 0. The molecule has 0 radical (unpaired) electrons. The standard InChI is InChI=1S/C5H8FN/c1-4-2-5(6)3-7-4/h3-4,7H,2H2,1H3. The van der Waals surface area contributed by atoms with E-state index < -0.39 is 0 Å². The summed E-state index contributed by atoms with van der Waals surface area (Å²) in [6, 6.07) is 0.306. The molecular formula is C5H8FN. The quantitative estimate of drug-likeness (QED) is 0.483. The first-order valence-electron chi connectivity index (χ1n) is 2.39. The van der Waals surface area contributed by atoms with Crippen molar-refractivity contribution in [2.24, 2.45) is 0 Å². The zero-order valence-electron chi connectivity index (χ0n) is 4.24. The Hall–Kier alpha value is -0.530. The van der Waals surface area contributed by atoms with Gasteiger partial charge in [-0.2, -0.15) is 0 Å². The molecule has 0 saturated heterocycles. The van der Waals surface area contributed by atoms with Crippen LogP contribution in [-0.2, 0) is 0 Å². The van der Waals surface area contributed by atoms with E-state index in [0.29, 0.717) is 12.5 Å². The van der Waals surface area contributed by atoms with E-state index in [1.165, 1.54) is 6.20 Å². The molecule has 0 aromatic carbocycles. The first-order chi connectivity index (χ1) is 3.29. The van der Waals surface area contributed by atoms with Crippen molar-refractivity contribution in [1.82, 2.24) is 5.32 Å². The minimum absolute atomic E-state index is 0.0347. The lowest BCUT2D eigenvalue weighted by atomic mass is 10.3. The number of halogens is 1. The molecular weight excluding hydrogens is 93.1 g/mol. The highest BCUT2D eigenvalue weighted by Gasteiger charge is 2.08. The van der Waals surface area contributed by atoms with Crippen LogP contribution in [0.2, 0.25) is 0 Å². The second kappa shape index (κ2) is 1.52. The third-order valence-corrected chi connectivity index (χ3v) is 1.03. The monoisotopic (exact) mass is 101 g/mol. The zero-order chi connectivity index (χ0) is 5.28. The van der Waals surface area contributed by atoms with E-state index >= 15 is 0 Å². The van der Waals surface area contributed by atoms with Gasteiger partial charge in [-0.25, -0.2) is 4.39 Å². The predicted molar refractivity (Wildman–Crippen MR) is 26.4 cm³/mol. The lowest BCUT2D eigenvalue weighted by Crippen LogP contribution is -2.12. The van der Waals surface area contributed by atoms with Crippen molar-refractivity contribution < 1.29 is 4.39 Å². The number of nitrogens with one attached hydrogen (secondary N) is 1. The van der Waals surface area contributed by atoms with Gasteiger partial charge in [0.25, 0.3) is 0 Å². The molecule has 1 rings (SSSR count). The van der Waals surface area contributed by atoms with E-state index in [-0.39, 0.29) is 5.83 Å². The van der Waals surface area contributed by atoms with Crippen LogP contribution in [-0.4, -0.2) is 6.04 Å². The molecule has 0 amide bonds. The molecule has 0 saturated carbocycles. The molecule has 0 aromatic rings. The minimum atomic E-state index is -0.0347. The van der Waals surface area contributed by atoms with Gasteiger partial charge in [0.05, 0.1) is 0 Å². The third kappa shape index (κ3) is 0.918. The molecule has 1 aliphatic heterocycles. The van der Waals surface area contributed by atoms with Crippen molar-refractivity contribution in [3.63, 3.8) is 0 Å². The normalized spacial score (nSPS) is 29.4. The molecule has 40 valence electrons. The van der Waals surface area contributed by atoms with Crippen LogP contribution in [0.3, 0.4) is 0 Å². The van der Waals surface area contributed by atoms with Gasteiger partial charge in [0.15, 0.2) is 0 Å². The Kier molecular flexibility index (Phi) is 1.01. The fraction of sp³-hybridized carbons (Fsp3) is 0.600. The van der Waals surface area contributed by atoms with Crippen LogP contribution >= 0.6 is 0 Å². The van der Waals surface area contributed by atoms with Gasteiger partial charge in [0.2, 0.25) is 0 Å². The Morgan fingerprint density at radius 1 is 2.00 bits per heavy atom. The molecule has 0 aliphatic carbocycles. The van der Waals surface area contributed by atoms with Gasteiger partial charge >= 0.3 is 0 Å². The summed E-state index contributed by atoms with van der Waals surface area (Å²) in [5.74, 6) is -0.0347. The van der Waals surface area contributed by atoms with Crippen LogP contribution in [0.5, 0.6) is 0 Å². The highest BCUT2D eigenvalue weighted by atomic mass is 19.1. The predicted octanol–water partition coefficient (Wildman–Crippen LogP) is 1.18. The Balaban J connectivity index is 2.42. The maximum atomic E-state index is 12.0. The lowest BCUT2D eigenvalue weighted by molar-refractivity contribution is 0.575. The molecule has 7 heavy (non-hydrogen) atoms. The molecule has 0 aromatic heterocycles. The fourth-order valence-corrected chi connectivity index (χ4v) is 0.643. The lowest BCUT2D eigenvalue weighted by Gasteiger charge is -1.97. The van der Waals surface area contributed by atoms with Gasteiger partial charge in [-0.1, -0.05) is 0 Å². The van der Waals surface area contributed by atoms with E-state index in [1.54, 1.807) is 0 Å². The van der Waals surface area contributed by atoms with Crippen LogP contribution < -0.4 is 5.32 Å². The largest absolute Gasteiger partial charge is 0.386 e. The second-order valence-corrected chi connectivity index (χ2v) is 1.86. The van der Waals surface area contributed by atoms with E-state index in [1.807, 2.05) is 6.92 Å². The van der Waals surface area contributed by atoms with E-state index in [0.717, 1.165) is 0 Å². The summed E-state index contributed by atoms with van der Waals surface area (Å²) in [4.78, 5) is 0. The molecule has 1 atom stereocenters. The number of hydrogen-bond donors (Lipinski definition) is 1. The summed E-state index contributed by atoms with van der Waals surface area (Å²) in [7, 11) is 0. The van der Waals surface area contributed by atoms with Crippen molar-refractivity contribution in [2.45, 2.75) is 19.4 Å². The zero-order valence-corrected chi connectivity index (χ0v) is 4.24. The smallest absolute Gasteiger partial charge is 0.118 e. The average Bonchev–Trinajstić information content (AvgIpc) is 1.87. The Morgan fingerprint density at radius 3 is 2.86 bits per heavy atom. The van der Waals surface area contributed by atoms with Crippen LogP contribution in [0.4, 0.5) is 4.39 Å². The summed E-state index contributed by atoms with van der Waals surface area (Å²) in [5.41, 5.74) is 0. The van der Waals surface area contributed by atoms with Crippen LogP contribution in [0, 0.1) is 0 Å². The van der Waals surface area contributed by atoms with Gasteiger partial charge in [-0.15, -0.1) is 0 Å². The summed E-state index contributed by atoms with van der Waals surface area (Å²) in [6.07, 6.45) is 1.98. The second-order valence-electron chi connectivity index (χ2n) is 1.86.